The summed E-state index contributed by atoms with van der Waals surface area (Å²) in [6, 6.07) is 25.2. The first-order valence-corrected chi connectivity index (χ1v) is 11.6. The highest BCUT2D eigenvalue weighted by Crippen LogP contribution is 2.30. The molecule has 0 bridgehead atoms. The van der Waals surface area contributed by atoms with Gasteiger partial charge < -0.3 is 15.1 Å². The van der Waals surface area contributed by atoms with E-state index in [1.807, 2.05) is 49.4 Å². The molecule has 0 aliphatic rings. The van der Waals surface area contributed by atoms with Gasteiger partial charge in [-0.15, -0.1) is 0 Å². The first kappa shape index (κ1) is 24.3. The Hall–Kier alpha value is -3.80. The van der Waals surface area contributed by atoms with E-state index in [9.17, 15) is 9.59 Å². The molecular weight excluding hydrogens is 483 g/mol. The zero-order chi connectivity index (χ0) is 24.8. The van der Waals surface area contributed by atoms with Crippen molar-refractivity contribution < 1.29 is 14.0 Å². The lowest BCUT2D eigenvalue weighted by Gasteiger charge is -2.11. The summed E-state index contributed by atoms with van der Waals surface area (Å²) in [5.74, 6) is 0.0908. The van der Waals surface area contributed by atoms with Gasteiger partial charge in [-0.05, 0) is 55.0 Å². The van der Waals surface area contributed by atoms with Crippen molar-refractivity contribution in [1.82, 2.24) is 10.6 Å². The van der Waals surface area contributed by atoms with Crippen molar-refractivity contribution in [3.8, 4) is 11.3 Å². The fourth-order valence-corrected chi connectivity index (χ4v) is 3.61. The molecule has 0 atom stereocenters. The largest absolute Gasteiger partial charge is 0.457 e. The minimum Gasteiger partial charge on any atom is -0.457 e. The van der Waals surface area contributed by atoms with Crippen LogP contribution < -0.4 is 10.6 Å². The van der Waals surface area contributed by atoms with E-state index in [1.165, 1.54) is 6.08 Å². The smallest absolute Gasteiger partial charge is 0.268 e. The van der Waals surface area contributed by atoms with E-state index in [1.54, 1.807) is 42.5 Å². The van der Waals surface area contributed by atoms with Crippen molar-refractivity contribution in [2.75, 3.05) is 0 Å². The highest BCUT2D eigenvalue weighted by atomic mass is 35.5. The first-order valence-electron chi connectivity index (χ1n) is 10.9. The molecule has 0 aliphatic heterocycles. The number of rotatable bonds is 7. The minimum absolute atomic E-state index is 0.0570. The van der Waals surface area contributed by atoms with Gasteiger partial charge in [0.2, 0.25) is 0 Å². The number of carbonyl (C=O) groups is 2. The SMILES string of the molecule is Cc1ccc(C(=O)N/C(=C/c2ccc(-c3ccc(Cl)c(Cl)c3)o2)C(=O)NCc2ccccc2)cc1. The van der Waals surface area contributed by atoms with Crippen LogP contribution in [0.2, 0.25) is 10.0 Å². The van der Waals surface area contributed by atoms with Crippen LogP contribution in [-0.2, 0) is 11.3 Å². The molecule has 0 unspecified atom stereocenters. The fourth-order valence-electron chi connectivity index (χ4n) is 3.31. The zero-order valence-corrected chi connectivity index (χ0v) is 20.4. The van der Waals surface area contributed by atoms with Gasteiger partial charge in [0.1, 0.15) is 17.2 Å². The number of amides is 2. The van der Waals surface area contributed by atoms with Gasteiger partial charge in [-0.3, -0.25) is 9.59 Å². The molecule has 0 aliphatic carbocycles. The van der Waals surface area contributed by atoms with Crippen LogP contribution in [0, 0.1) is 6.92 Å². The Morgan fingerprint density at radius 3 is 2.34 bits per heavy atom. The van der Waals surface area contributed by atoms with Crippen molar-refractivity contribution in [2.45, 2.75) is 13.5 Å². The maximum atomic E-state index is 13.0. The maximum absolute atomic E-state index is 13.0. The van der Waals surface area contributed by atoms with Crippen LogP contribution in [0.1, 0.15) is 27.2 Å². The second-order valence-electron chi connectivity index (χ2n) is 7.88. The molecule has 2 amide bonds. The van der Waals surface area contributed by atoms with Gasteiger partial charge >= 0.3 is 0 Å². The molecule has 3 aromatic carbocycles. The van der Waals surface area contributed by atoms with Crippen molar-refractivity contribution in [2.24, 2.45) is 0 Å². The molecule has 0 fully saturated rings. The van der Waals surface area contributed by atoms with Gasteiger partial charge in [-0.2, -0.15) is 0 Å². The molecule has 7 heteroatoms. The number of nitrogens with one attached hydrogen (secondary N) is 2. The minimum atomic E-state index is -0.443. The number of aryl methyl sites for hydroxylation is 1. The van der Waals surface area contributed by atoms with Gasteiger partial charge in [0.25, 0.3) is 11.8 Å². The summed E-state index contributed by atoms with van der Waals surface area (Å²) in [5.41, 5.74) is 3.20. The summed E-state index contributed by atoms with van der Waals surface area (Å²) in [7, 11) is 0. The average molecular weight is 505 g/mol. The molecule has 35 heavy (non-hydrogen) atoms. The number of carbonyl (C=O) groups excluding carboxylic acids is 2. The van der Waals surface area contributed by atoms with Crippen LogP contribution >= 0.6 is 23.2 Å². The Labute approximate surface area is 213 Å². The Morgan fingerprint density at radius 1 is 0.886 bits per heavy atom. The van der Waals surface area contributed by atoms with Gasteiger partial charge in [0.05, 0.1) is 10.0 Å². The molecule has 1 aromatic heterocycles. The van der Waals surface area contributed by atoms with Crippen LogP contribution in [0.3, 0.4) is 0 Å². The number of hydrogen-bond donors (Lipinski definition) is 2. The van der Waals surface area contributed by atoms with Crippen molar-refractivity contribution in [3.05, 3.63) is 123 Å². The van der Waals surface area contributed by atoms with E-state index >= 15 is 0 Å². The summed E-state index contributed by atoms with van der Waals surface area (Å²) >= 11 is 12.1. The van der Waals surface area contributed by atoms with Crippen molar-refractivity contribution in [3.63, 3.8) is 0 Å². The zero-order valence-electron chi connectivity index (χ0n) is 18.8. The van der Waals surface area contributed by atoms with Crippen molar-refractivity contribution >= 4 is 41.1 Å². The molecular formula is C28H22Cl2N2O3. The highest BCUT2D eigenvalue weighted by Gasteiger charge is 2.16. The Balaban J connectivity index is 1.59. The van der Waals surface area contributed by atoms with E-state index < -0.39 is 11.8 Å². The lowest BCUT2D eigenvalue weighted by atomic mass is 10.1. The number of halogens is 2. The highest BCUT2D eigenvalue weighted by molar-refractivity contribution is 6.42. The molecule has 0 radical (unpaired) electrons. The fraction of sp³-hybridized carbons (Fsp3) is 0.0714. The van der Waals surface area contributed by atoms with Crippen LogP contribution in [0.15, 0.2) is 95.0 Å². The second kappa shape index (κ2) is 11.1. The van der Waals surface area contributed by atoms with E-state index in [-0.39, 0.29) is 5.70 Å². The normalized spacial score (nSPS) is 11.2. The summed E-state index contributed by atoms with van der Waals surface area (Å²) in [4.78, 5) is 25.9. The van der Waals surface area contributed by atoms with Crippen molar-refractivity contribution in [1.29, 1.82) is 0 Å². The van der Waals surface area contributed by atoms with Gasteiger partial charge in [-0.25, -0.2) is 0 Å². The Bertz CT molecular complexity index is 1380. The Morgan fingerprint density at radius 2 is 1.63 bits per heavy atom. The summed E-state index contributed by atoms with van der Waals surface area (Å²) < 4.78 is 5.90. The third-order valence-corrected chi connectivity index (χ3v) is 5.96. The monoisotopic (exact) mass is 504 g/mol. The van der Waals surface area contributed by atoms with Crippen LogP contribution in [0.5, 0.6) is 0 Å². The lowest BCUT2D eigenvalue weighted by molar-refractivity contribution is -0.117. The van der Waals surface area contributed by atoms with E-state index in [2.05, 4.69) is 10.6 Å². The summed E-state index contributed by atoms with van der Waals surface area (Å²) in [6.07, 6.45) is 1.49. The second-order valence-corrected chi connectivity index (χ2v) is 8.69. The molecule has 0 saturated heterocycles. The van der Waals surface area contributed by atoms with Gasteiger partial charge in [0, 0.05) is 23.7 Å². The van der Waals surface area contributed by atoms with Gasteiger partial charge in [0.15, 0.2) is 0 Å². The molecule has 4 rings (SSSR count). The molecule has 0 saturated carbocycles. The van der Waals surface area contributed by atoms with Crippen LogP contribution in [0.25, 0.3) is 17.4 Å². The first-order chi connectivity index (χ1) is 16.9. The van der Waals surface area contributed by atoms with Gasteiger partial charge in [-0.1, -0.05) is 71.2 Å². The predicted octanol–water partition coefficient (Wildman–Crippen LogP) is 6.65. The maximum Gasteiger partial charge on any atom is 0.268 e. The molecule has 176 valence electrons. The number of benzene rings is 3. The quantitative estimate of drug-likeness (QED) is 0.276. The number of hydrogen-bond acceptors (Lipinski definition) is 3. The van der Waals surface area contributed by atoms with Crippen LogP contribution in [-0.4, -0.2) is 11.8 Å². The average Bonchev–Trinajstić information content (AvgIpc) is 3.33. The molecule has 5 nitrogen and oxygen atoms in total. The third-order valence-electron chi connectivity index (χ3n) is 5.22. The molecule has 0 spiro atoms. The molecule has 4 aromatic rings. The van der Waals surface area contributed by atoms with E-state index in [0.717, 1.165) is 16.7 Å². The topological polar surface area (TPSA) is 71.3 Å². The molecule has 2 N–H and O–H groups in total. The van der Waals surface area contributed by atoms with Crippen LogP contribution in [0.4, 0.5) is 0 Å². The predicted molar refractivity (Wildman–Crippen MR) is 139 cm³/mol. The summed E-state index contributed by atoms with van der Waals surface area (Å²) in [5, 5.41) is 6.41. The summed E-state index contributed by atoms with van der Waals surface area (Å²) in [6.45, 7) is 2.25. The Kier molecular flexibility index (Phi) is 7.70. The number of furan rings is 1. The third kappa shape index (κ3) is 6.41. The molecule has 1 heterocycles. The van der Waals surface area contributed by atoms with E-state index in [0.29, 0.717) is 33.7 Å². The lowest BCUT2D eigenvalue weighted by Crippen LogP contribution is -2.34. The standard InChI is InChI=1S/C28H22Cl2N2O3/c1-18-7-9-20(10-8-18)27(33)32-25(28(34)31-17-19-5-3-2-4-6-19)16-22-12-14-26(35-22)21-11-13-23(29)24(30)15-21/h2-16H,17H2,1H3,(H,31,34)(H,32,33)/b25-16+. The van der Waals surface area contributed by atoms with E-state index in [4.69, 9.17) is 27.6 Å².